The third kappa shape index (κ3) is 4.79. The number of amides is 1. The number of ether oxygens (including phenoxy) is 1. The number of carbonyl (C=O) groups is 1. The van der Waals surface area contributed by atoms with E-state index < -0.39 is 26.4 Å². The molecule has 0 unspecified atom stereocenters. The first-order valence-corrected chi connectivity index (χ1v) is 9.30. The second kappa shape index (κ2) is 7.96. The zero-order chi connectivity index (χ0) is 19.3. The van der Waals surface area contributed by atoms with Crippen LogP contribution in [0.2, 0.25) is 0 Å². The van der Waals surface area contributed by atoms with Crippen LogP contribution in [0.1, 0.15) is 12.0 Å². The van der Waals surface area contributed by atoms with Crippen LogP contribution in [0.15, 0.2) is 47.4 Å². The predicted molar refractivity (Wildman–Crippen MR) is 96.1 cm³/mol. The minimum absolute atomic E-state index is 0.0199. The number of methoxy groups -OCH3 is 1. The van der Waals surface area contributed by atoms with Gasteiger partial charge in [-0.2, -0.15) is 0 Å². The van der Waals surface area contributed by atoms with Crippen LogP contribution in [-0.4, -0.2) is 32.1 Å². The molecule has 9 heteroatoms. The van der Waals surface area contributed by atoms with Crippen molar-refractivity contribution in [2.75, 3.05) is 18.2 Å². The van der Waals surface area contributed by atoms with Crippen LogP contribution in [0.4, 0.5) is 11.4 Å². The summed E-state index contributed by atoms with van der Waals surface area (Å²) in [4.78, 5) is 22.6. The lowest BCUT2D eigenvalue weighted by atomic mass is 10.2. The Morgan fingerprint density at radius 1 is 1.19 bits per heavy atom. The number of nitro groups is 1. The molecule has 0 atom stereocenters. The van der Waals surface area contributed by atoms with E-state index in [2.05, 4.69) is 5.32 Å². The number of nitrogens with one attached hydrogen (secondary N) is 1. The highest BCUT2D eigenvalue weighted by molar-refractivity contribution is 7.91. The lowest BCUT2D eigenvalue weighted by Gasteiger charge is -2.08. The first kappa shape index (κ1) is 19.4. The fourth-order valence-corrected chi connectivity index (χ4v) is 3.44. The summed E-state index contributed by atoms with van der Waals surface area (Å²) in [5, 5.41) is 13.5. The van der Waals surface area contributed by atoms with E-state index in [4.69, 9.17) is 4.74 Å². The van der Waals surface area contributed by atoms with Crippen LogP contribution in [0.5, 0.6) is 5.75 Å². The Labute approximate surface area is 150 Å². The van der Waals surface area contributed by atoms with Crippen LogP contribution in [0, 0.1) is 17.0 Å². The molecule has 2 aromatic rings. The molecule has 0 aliphatic heterocycles. The van der Waals surface area contributed by atoms with Crippen molar-refractivity contribution in [1.82, 2.24) is 0 Å². The van der Waals surface area contributed by atoms with E-state index in [-0.39, 0.29) is 28.4 Å². The highest BCUT2D eigenvalue weighted by atomic mass is 32.2. The molecular weight excluding hydrogens is 360 g/mol. The van der Waals surface area contributed by atoms with Gasteiger partial charge in [-0.25, -0.2) is 8.42 Å². The fourth-order valence-electron chi connectivity index (χ4n) is 2.20. The normalized spacial score (nSPS) is 11.0. The van der Waals surface area contributed by atoms with Crippen molar-refractivity contribution in [3.05, 3.63) is 58.1 Å². The molecule has 0 aliphatic rings. The van der Waals surface area contributed by atoms with E-state index in [0.717, 1.165) is 5.56 Å². The molecule has 0 bridgehead atoms. The zero-order valence-corrected chi connectivity index (χ0v) is 15.1. The highest BCUT2D eigenvalue weighted by Crippen LogP contribution is 2.29. The summed E-state index contributed by atoms with van der Waals surface area (Å²) in [7, 11) is -2.25. The molecule has 0 spiro atoms. The summed E-state index contributed by atoms with van der Waals surface area (Å²) in [6.07, 6.45) is -0.320. The minimum atomic E-state index is -3.62. The number of hydrogen-bond acceptors (Lipinski definition) is 6. The van der Waals surface area contributed by atoms with E-state index in [0.29, 0.717) is 0 Å². The Bertz CT molecular complexity index is 923. The van der Waals surface area contributed by atoms with Gasteiger partial charge in [-0.15, -0.1) is 0 Å². The molecule has 1 amide bonds. The first-order valence-electron chi connectivity index (χ1n) is 7.64. The molecule has 0 fully saturated rings. The van der Waals surface area contributed by atoms with E-state index in [1.54, 1.807) is 12.1 Å². The number of nitro benzene ring substituents is 1. The minimum Gasteiger partial charge on any atom is -0.496 e. The summed E-state index contributed by atoms with van der Waals surface area (Å²) in [6, 6.07) is 10.3. The van der Waals surface area contributed by atoms with Gasteiger partial charge in [0.05, 0.1) is 28.7 Å². The summed E-state index contributed by atoms with van der Waals surface area (Å²) in [5.41, 5.74) is 0.570. The van der Waals surface area contributed by atoms with Gasteiger partial charge in [0.25, 0.3) is 5.69 Å². The fraction of sp³-hybridized carbons (Fsp3) is 0.235. The molecule has 0 aromatic heterocycles. The molecule has 8 nitrogen and oxygen atoms in total. The van der Waals surface area contributed by atoms with Crippen LogP contribution >= 0.6 is 0 Å². The molecule has 0 aliphatic carbocycles. The van der Waals surface area contributed by atoms with Crippen molar-refractivity contribution in [1.29, 1.82) is 0 Å². The summed E-state index contributed by atoms with van der Waals surface area (Å²) >= 11 is 0. The average molecular weight is 378 g/mol. The van der Waals surface area contributed by atoms with Crippen molar-refractivity contribution in [2.24, 2.45) is 0 Å². The van der Waals surface area contributed by atoms with Gasteiger partial charge >= 0.3 is 0 Å². The van der Waals surface area contributed by atoms with E-state index >= 15 is 0 Å². The lowest BCUT2D eigenvalue weighted by Crippen LogP contribution is -2.18. The standard InChI is InChI=1S/C17H18N2O6S/c1-12-3-6-14(7-4-12)26(23,24)10-9-17(20)18-15-8-5-13(25-2)11-16(15)19(21)22/h3-8,11H,9-10H2,1-2H3,(H,18,20). The highest BCUT2D eigenvalue weighted by Gasteiger charge is 2.20. The van der Waals surface area contributed by atoms with Crippen LogP contribution in [0.3, 0.4) is 0 Å². The van der Waals surface area contributed by atoms with Crippen LogP contribution in [-0.2, 0) is 14.6 Å². The van der Waals surface area contributed by atoms with Crippen LogP contribution in [0.25, 0.3) is 0 Å². The SMILES string of the molecule is COc1ccc(NC(=O)CCS(=O)(=O)c2ccc(C)cc2)c([N+](=O)[O-])c1. The van der Waals surface area contributed by atoms with Crippen LogP contribution < -0.4 is 10.1 Å². The maximum Gasteiger partial charge on any atom is 0.296 e. The molecule has 2 rings (SSSR count). The largest absolute Gasteiger partial charge is 0.496 e. The Kier molecular flexibility index (Phi) is 5.93. The molecule has 26 heavy (non-hydrogen) atoms. The lowest BCUT2D eigenvalue weighted by molar-refractivity contribution is -0.384. The van der Waals surface area contributed by atoms with E-state index in [1.165, 1.54) is 37.4 Å². The molecule has 0 radical (unpaired) electrons. The molecule has 0 saturated carbocycles. The number of carbonyl (C=O) groups excluding carboxylic acids is 1. The number of benzene rings is 2. The van der Waals surface area contributed by atoms with Gasteiger partial charge < -0.3 is 10.1 Å². The second-order valence-corrected chi connectivity index (χ2v) is 7.68. The van der Waals surface area contributed by atoms with Gasteiger partial charge in [0, 0.05) is 6.42 Å². The summed E-state index contributed by atoms with van der Waals surface area (Å²) in [6.45, 7) is 1.84. The molecule has 1 N–H and O–H groups in total. The average Bonchev–Trinajstić information content (AvgIpc) is 2.60. The molecule has 0 saturated heterocycles. The number of sulfone groups is 1. The monoisotopic (exact) mass is 378 g/mol. The maximum atomic E-state index is 12.3. The third-order valence-corrected chi connectivity index (χ3v) is 5.39. The van der Waals surface area contributed by atoms with Crippen molar-refractivity contribution in [3.8, 4) is 5.75 Å². The van der Waals surface area contributed by atoms with Gasteiger partial charge in [-0.3, -0.25) is 14.9 Å². The van der Waals surface area contributed by atoms with E-state index in [9.17, 15) is 23.3 Å². The number of anilines is 1. The molecule has 2 aromatic carbocycles. The Balaban J connectivity index is 2.07. The summed E-state index contributed by atoms with van der Waals surface area (Å²) in [5.74, 6) is -0.753. The molecular formula is C17H18N2O6S. The smallest absolute Gasteiger partial charge is 0.296 e. The summed E-state index contributed by atoms with van der Waals surface area (Å²) < 4.78 is 29.4. The van der Waals surface area contributed by atoms with E-state index in [1.807, 2.05) is 6.92 Å². The number of aryl methyl sites for hydroxylation is 1. The Hall–Kier alpha value is -2.94. The second-order valence-electron chi connectivity index (χ2n) is 5.57. The maximum absolute atomic E-state index is 12.3. The number of hydrogen-bond donors (Lipinski definition) is 1. The Morgan fingerprint density at radius 2 is 1.85 bits per heavy atom. The van der Waals surface area contributed by atoms with Gasteiger partial charge in [-0.1, -0.05) is 17.7 Å². The third-order valence-electron chi connectivity index (χ3n) is 3.65. The van der Waals surface area contributed by atoms with Crippen molar-refractivity contribution in [3.63, 3.8) is 0 Å². The topological polar surface area (TPSA) is 116 Å². The number of rotatable bonds is 7. The van der Waals surface area contributed by atoms with Gasteiger partial charge in [0.2, 0.25) is 5.91 Å². The molecule has 138 valence electrons. The van der Waals surface area contributed by atoms with Crippen molar-refractivity contribution in [2.45, 2.75) is 18.2 Å². The van der Waals surface area contributed by atoms with Crippen molar-refractivity contribution < 1.29 is 22.9 Å². The van der Waals surface area contributed by atoms with Gasteiger partial charge in [0.1, 0.15) is 11.4 Å². The van der Waals surface area contributed by atoms with Crippen molar-refractivity contribution >= 4 is 27.1 Å². The predicted octanol–water partition coefficient (Wildman–Crippen LogP) is 2.71. The Morgan fingerprint density at radius 3 is 2.42 bits per heavy atom. The quantitative estimate of drug-likeness (QED) is 0.585. The number of nitrogens with zero attached hydrogens (tertiary/aromatic N) is 1. The first-order chi connectivity index (χ1) is 12.2. The molecule has 0 heterocycles. The van der Waals surface area contributed by atoms with Gasteiger partial charge in [0.15, 0.2) is 9.84 Å². The zero-order valence-electron chi connectivity index (χ0n) is 14.3. The van der Waals surface area contributed by atoms with Gasteiger partial charge in [-0.05, 0) is 31.2 Å².